The quantitative estimate of drug-likeness (QED) is 0.316. The van der Waals surface area contributed by atoms with Crippen molar-refractivity contribution < 1.29 is 13.2 Å². The summed E-state index contributed by atoms with van der Waals surface area (Å²) in [6, 6.07) is 12.3. The molecule has 1 aliphatic rings. The van der Waals surface area contributed by atoms with E-state index in [2.05, 4.69) is 19.9 Å². The summed E-state index contributed by atoms with van der Waals surface area (Å²) in [5.74, 6) is 0. The molecular weight excluding hydrogens is 365 g/mol. The van der Waals surface area contributed by atoms with E-state index in [0.717, 1.165) is 28.2 Å². The fourth-order valence-corrected chi connectivity index (χ4v) is 3.37. The van der Waals surface area contributed by atoms with Crippen molar-refractivity contribution in [1.29, 1.82) is 0 Å². The van der Waals surface area contributed by atoms with Crippen molar-refractivity contribution in [1.82, 2.24) is 19.9 Å². The Morgan fingerprint density at radius 3 is 1.57 bits per heavy atom. The van der Waals surface area contributed by atoms with Crippen molar-refractivity contribution in [3.05, 3.63) is 92.2 Å². The molecule has 1 aliphatic heterocycles. The Hall–Kier alpha value is -3.61. The van der Waals surface area contributed by atoms with Gasteiger partial charge in [0.1, 0.15) is 0 Å². The molecule has 0 aliphatic carbocycles. The lowest BCUT2D eigenvalue weighted by molar-refractivity contribution is -0.137. The second-order valence-corrected chi connectivity index (χ2v) is 6.73. The number of hydrogen-bond acceptors (Lipinski definition) is 0. The smallest absolute Gasteiger partial charge is 0.355 e. The number of halogens is 3. The van der Waals surface area contributed by atoms with Crippen LogP contribution in [0.5, 0.6) is 0 Å². The second-order valence-electron chi connectivity index (χ2n) is 6.73. The van der Waals surface area contributed by atoms with E-state index >= 15 is 0 Å². The zero-order valence-electron chi connectivity index (χ0n) is 14.5. The molecule has 140 valence electrons. The van der Waals surface area contributed by atoms with Crippen LogP contribution < -0.4 is 21.4 Å². The Bertz CT molecular complexity index is 1410. The lowest BCUT2D eigenvalue weighted by atomic mass is 10.2. The maximum Gasteiger partial charge on any atom is 0.418 e. The first kappa shape index (κ1) is 16.6. The Morgan fingerprint density at radius 1 is 0.536 bits per heavy atom. The third-order valence-corrected chi connectivity index (χ3v) is 4.60. The van der Waals surface area contributed by atoms with Crippen LogP contribution in [0.15, 0.2) is 42.5 Å². The van der Waals surface area contributed by atoms with E-state index in [0.29, 0.717) is 16.4 Å². The third kappa shape index (κ3) is 3.11. The number of hydrogen-bond donors (Lipinski definition) is 4. The van der Waals surface area contributed by atoms with E-state index in [1.165, 1.54) is 6.08 Å². The molecule has 4 aromatic heterocycles. The minimum atomic E-state index is -4.45. The maximum atomic E-state index is 13.5. The Balaban J connectivity index is 1.81. The molecule has 0 radical (unpaired) electrons. The summed E-state index contributed by atoms with van der Waals surface area (Å²) in [5.41, 5.74) is 1.50. The molecule has 0 fully saturated rings. The maximum absolute atomic E-state index is 13.5. The lowest BCUT2D eigenvalue weighted by Gasteiger charge is -2.04. The number of aromatic amines is 4. The van der Waals surface area contributed by atoms with Crippen LogP contribution in [-0.2, 0) is 6.18 Å². The monoisotopic (exact) mass is 380 g/mol. The van der Waals surface area contributed by atoms with Gasteiger partial charge in [-0.3, -0.25) is 0 Å². The molecule has 0 aromatic carbocycles. The van der Waals surface area contributed by atoms with E-state index < -0.39 is 11.7 Å². The molecule has 5 rings (SSSR count). The zero-order chi connectivity index (χ0) is 19.3. The van der Waals surface area contributed by atoms with Gasteiger partial charge in [0, 0.05) is 38.5 Å². The van der Waals surface area contributed by atoms with Gasteiger partial charge in [0.15, 0.2) is 0 Å². The first-order valence-electron chi connectivity index (χ1n) is 8.69. The van der Waals surface area contributed by atoms with Gasteiger partial charge in [-0.1, -0.05) is 0 Å². The average Bonchev–Trinajstić information content (AvgIpc) is 3.38. The van der Waals surface area contributed by atoms with E-state index in [1.54, 1.807) is 12.1 Å². The highest BCUT2D eigenvalue weighted by Gasteiger charge is 2.34. The molecular formula is C21H15F3N4. The first-order chi connectivity index (χ1) is 13.4. The molecule has 4 aromatic rings. The van der Waals surface area contributed by atoms with E-state index in [1.807, 2.05) is 42.5 Å². The van der Waals surface area contributed by atoms with E-state index in [4.69, 9.17) is 0 Å². The minimum absolute atomic E-state index is 0.0137. The molecule has 4 N–H and O–H groups in total. The predicted octanol–water partition coefficient (Wildman–Crippen LogP) is 1.65. The van der Waals surface area contributed by atoms with Gasteiger partial charge >= 0.3 is 6.18 Å². The Labute approximate surface area is 156 Å². The standard InChI is InChI=1S/C21H15F3N4/c22-21(23,24)19-10-18-9-16-4-3-14(26-16)7-12-1-2-13(25-12)8-15-5-6-17(27-15)11-20(19)28-18/h1-11,25-28H/b12-7?,13-8?,14-7-,15-8-,16-9-,17-11-,18-9?,20-11?. The van der Waals surface area contributed by atoms with Crippen LogP contribution in [-0.4, -0.2) is 19.9 Å². The summed E-state index contributed by atoms with van der Waals surface area (Å²) in [7, 11) is 0. The van der Waals surface area contributed by atoms with Crippen molar-refractivity contribution in [3.8, 4) is 0 Å². The molecule has 0 amide bonds. The van der Waals surface area contributed by atoms with Gasteiger partial charge in [0.05, 0.1) is 11.3 Å². The molecule has 0 saturated heterocycles. The first-order valence-corrected chi connectivity index (χ1v) is 8.69. The van der Waals surface area contributed by atoms with Gasteiger partial charge in [-0.25, -0.2) is 0 Å². The molecule has 0 spiro atoms. The molecule has 7 heteroatoms. The highest BCUT2D eigenvalue weighted by atomic mass is 19.4. The van der Waals surface area contributed by atoms with Crippen molar-refractivity contribution in [2.24, 2.45) is 0 Å². The molecule has 28 heavy (non-hydrogen) atoms. The molecule has 5 heterocycles. The molecule has 0 atom stereocenters. The lowest BCUT2D eigenvalue weighted by Crippen LogP contribution is -2.11. The molecule has 4 nitrogen and oxygen atoms in total. The fraction of sp³-hybridized carbons (Fsp3) is 0.0476. The highest BCUT2D eigenvalue weighted by molar-refractivity contribution is 5.58. The topological polar surface area (TPSA) is 63.2 Å². The van der Waals surface area contributed by atoms with Crippen molar-refractivity contribution in [2.75, 3.05) is 0 Å². The summed E-state index contributed by atoms with van der Waals surface area (Å²) in [6.45, 7) is 0. The number of nitrogens with one attached hydrogen (secondary N) is 4. The number of fused-ring (bicyclic) bond motifs is 8. The zero-order valence-corrected chi connectivity index (χ0v) is 14.5. The van der Waals surface area contributed by atoms with Gasteiger partial charge in [-0.15, -0.1) is 0 Å². The van der Waals surface area contributed by atoms with Crippen LogP contribution in [0.4, 0.5) is 13.2 Å². The highest BCUT2D eigenvalue weighted by Crippen LogP contribution is 2.33. The number of aromatic nitrogens is 4. The van der Waals surface area contributed by atoms with Crippen molar-refractivity contribution >= 4 is 24.3 Å². The van der Waals surface area contributed by atoms with Gasteiger partial charge in [0.25, 0.3) is 0 Å². The van der Waals surface area contributed by atoms with E-state index in [9.17, 15) is 13.2 Å². The normalized spacial score (nSPS) is 18.1. The van der Waals surface area contributed by atoms with Gasteiger partial charge in [-0.2, -0.15) is 13.2 Å². The van der Waals surface area contributed by atoms with Crippen LogP contribution in [0.3, 0.4) is 0 Å². The average molecular weight is 380 g/mol. The van der Waals surface area contributed by atoms with Crippen LogP contribution in [0.1, 0.15) is 28.3 Å². The van der Waals surface area contributed by atoms with Gasteiger partial charge in [-0.05, 0) is 66.8 Å². The fourth-order valence-electron chi connectivity index (χ4n) is 3.37. The third-order valence-electron chi connectivity index (χ3n) is 4.60. The largest absolute Gasteiger partial charge is 0.418 e. The molecule has 8 bridgehead atoms. The number of H-pyrrole nitrogens is 4. The summed E-state index contributed by atoms with van der Waals surface area (Å²) in [6.07, 6.45) is 2.52. The SMILES string of the molecule is FC(F)(F)c1cc2[nH]c1/C=c1/cc/c([nH]1)=C/c1ccc([nH]1)/C=c1/cc/c([nH]1)=C/2. The summed E-state index contributed by atoms with van der Waals surface area (Å²) in [4.78, 5) is 12.5. The number of alkyl halides is 3. The second kappa shape index (κ2) is 5.95. The number of rotatable bonds is 0. The molecule has 0 saturated carbocycles. The predicted molar refractivity (Wildman–Crippen MR) is 101 cm³/mol. The summed E-state index contributed by atoms with van der Waals surface area (Å²) < 4.78 is 40.5. The van der Waals surface area contributed by atoms with Crippen LogP contribution in [0.2, 0.25) is 0 Å². The van der Waals surface area contributed by atoms with E-state index in [-0.39, 0.29) is 5.69 Å². The summed E-state index contributed by atoms with van der Waals surface area (Å²) in [5, 5.41) is 2.93. The Morgan fingerprint density at radius 2 is 1.04 bits per heavy atom. The van der Waals surface area contributed by atoms with Crippen molar-refractivity contribution in [3.63, 3.8) is 0 Å². The summed E-state index contributed by atoms with van der Waals surface area (Å²) >= 11 is 0. The van der Waals surface area contributed by atoms with Crippen LogP contribution >= 0.6 is 0 Å². The van der Waals surface area contributed by atoms with Crippen molar-refractivity contribution in [2.45, 2.75) is 6.18 Å². The van der Waals surface area contributed by atoms with Gasteiger partial charge < -0.3 is 19.9 Å². The minimum Gasteiger partial charge on any atom is -0.355 e. The van der Waals surface area contributed by atoms with Gasteiger partial charge in [0.2, 0.25) is 0 Å². The van der Waals surface area contributed by atoms with Crippen LogP contribution in [0.25, 0.3) is 24.3 Å². The van der Waals surface area contributed by atoms with Crippen LogP contribution in [0, 0.1) is 0 Å². The Kier molecular flexibility index (Phi) is 3.52. The molecule has 0 unspecified atom stereocenters.